The highest BCUT2D eigenvalue weighted by molar-refractivity contribution is 8.00. The van der Waals surface area contributed by atoms with E-state index >= 15 is 0 Å². The average Bonchev–Trinajstić information content (AvgIpc) is 2.82. The molecule has 2 heterocycles. The number of carbonyl (C=O) groups excluding carboxylic acids is 1. The second-order valence-electron chi connectivity index (χ2n) is 3.68. The van der Waals surface area contributed by atoms with Crippen LogP contribution >= 0.6 is 23.1 Å². The maximum atomic E-state index is 12.0. The van der Waals surface area contributed by atoms with Crippen molar-refractivity contribution in [1.29, 1.82) is 0 Å². The summed E-state index contributed by atoms with van der Waals surface area (Å²) in [6.45, 7) is 1.72. The quantitative estimate of drug-likeness (QED) is 0.487. The van der Waals surface area contributed by atoms with Gasteiger partial charge in [-0.15, -0.1) is 11.3 Å². The topological polar surface area (TPSA) is 61.2 Å². The molecule has 0 N–H and O–H groups in total. The molecule has 5 nitrogen and oxygen atoms in total. The van der Waals surface area contributed by atoms with Crippen molar-refractivity contribution in [1.82, 2.24) is 9.55 Å². The molecule has 1 unspecified atom stereocenters. The first-order valence-electron chi connectivity index (χ1n) is 5.23. The highest BCUT2D eigenvalue weighted by atomic mass is 32.2. The normalized spacial score (nSPS) is 12.6. The van der Waals surface area contributed by atoms with Gasteiger partial charge in [0.1, 0.15) is 9.95 Å². The summed E-state index contributed by atoms with van der Waals surface area (Å²) in [7, 11) is 2.99. The molecule has 0 amide bonds. The van der Waals surface area contributed by atoms with Gasteiger partial charge >= 0.3 is 5.97 Å². The Morgan fingerprint density at radius 3 is 3.00 bits per heavy atom. The van der Waals surface area contributed by atoms with Gasteiger partial charge in [0, 0.05) is 7.05 Å². The number of hydrogen-bond acceptors (Lipinski definition) is 6. The zero-order chi connectivity index (χ0) is 13.3. The van der Waals surface area contributed by atoms with Crippen molar-refractivity contribution in [3.63, 3.8) is 0 Å². The van der Waals surface area contributed by atoms with Crippen LogP contribution in [0.15, 0.2) is 21.4 Å². The smallest absolute Gasteiger partial charge is 0.318 e. The van der Waals surface area contributed by atoms with Gasteiger partial charge in [0.15, 0.2) is 5.16 Å². The molecule has 0 bridgehead atoms. The van der Waals surface area contributed by atoms with E-state index < -0.39 is 5.25 Å². The van der Waals surface area contributed by atoms with Crippen LogP contribution in [0.4, 0.5) is 0 Å². The molecular formula is C11H12N2O3S2. The molecule has 2 rings (SSSR count). The molecule has 0 aliphatic rings. The first-order valence-corrected chi connectivity index (χ1v) is 6.99. The van der Waals surface area contributed by atoms with Crippen LogP contribution in [0.5, 0.6) is 0 Å². The summed E-state index contributed by atoms with van der Waals surface area (Å²) in [6.07, 6.45) is 0. The molecule has 0 radical (unpaired) electrons. The van der Waals surface area contributed by atoms with E-state index in [9.17, 15) is 9.59 Å². The largest absolute Gasteiger partial charge is 0.468 e. The summed E-state index contributed by atoms with van der Waals surface area (Å²) < 4.78 is 6.75. The Morgan fingerprint density at radius 2 is 2.33 bits per heavy atom. The van der Waals surface area contributed by atoms with Crippen molar-refractivity contribution in [2.24, 2.45) is 7.05 Å². The van der Waals surface area contributed by atoms with E-state index in [0.717, 1.165) is 0 Å². The molecule has 0 aromatic carbocycles. The lowest BCUT2D eigenvalue weighted by Crippen LogP contribution is -2.22. The molecule has 7 heteroatoms. The summed E-state index contributed by atoms with van der Waals surface area (Å²) in [5.74, 6) is -0.334. The number of thiophene rings is 1. The molecule has 2 aromatic heterocycles. The van der Waals surface area contributed by atoms with Crippen molar-refractivity contribution in [3.8, 4) is 0 Å². The van der Waals surface area contributed by atoms with Crippen LogP contribution in [0.1, 0.15) is 6.92 Å². The second-order valence-corrected chi connectivity index (χ2v) is 5.90. The lowest BCUT2D eigenvalue weighted by Gasteiger charge is -2.10. The van der Waals surface area contributed by atoms with Gasteiger partial charge in [-0.25, -0.2) is 4.98 Å². The number of nitrogens with zero attached hydrogens (tertiary/aromatic N) is 2. The number of fused-ring (bicyclic) bond motifs is 1. The fraction of sp³-hybridized carbons (Fsp3) is 0.364. The lowest BCUT2D eigenvalue weighted by molar-refractivity contribution is -0.139. The van der Waals surface area contributed by atoms with Crippen LogP contribution in [0.2, 0.25) is 0 Å². The first-order chi connectivity index (χ1) is 8.54. The van der Waals surface area contributed by atoms with E-state index in [4.69, 9.17) is 0 Å². The minimum atomic E-state index is -0.399. The highest BCUT2D eigenvalue weighted by Crippen LogP contribution is 2.23. The Balaban J connectivity index is 2.42. The molecule has 0 aliphatic carbocycles. The number of methoxy groups -OCH3 is 1. The minimum Gasteiger partial charge on any atom is -0.468 e. The number of esters is 1. The molecule has 0 fully saturated rings. The van der Waals surface area contributed by atoms with Gasteiger partial charge in [-0.3, -0.25) is 14.2 Å². The van der Waals surface area contributed by atoms with E-state index in [2.05, 4.69) is 9.72 Å². The number of hydrogen-bond donors (Lipinski definition) is 0. The number of aromatic nitrogens is 2. The zero-order valence-electron chi connectivity index (χ0n) is 10.2. The molecule has 0 spiro atoms. The Morgan fingerprint density at radius 1 is 1.61 bits per heavy atom. The fourth-order valence-electron chi connectivity index (χ4n) is 1.45. The summed E-state index contributed by atoms with van der Waals surface area (Å²) >= 11 is 2.59. The highest BCUT2D eigenvalue weighted by Gasteiger charge is 2.18. The fourth-order valence-corrected chi connectivity index (χ4v) is 3.15. The maximum Gasteiger partial charge on any atom is 0.318 e. The van der Waals surface area contributed by atoms with Gasteiger partial charge < -0.3 is 4.74 Å². The summed E-state index contributed by atoms with van der Waals surface area (Å²) in [4.78, 5) is 27.8. The number of rotatable bonds is 3. The predicted octanol–water partition coefficient (Wildman–Crippen LogP) is 1.65. The van der Waals surface area contributed by atoms with E-state index in [1.54, 1.807) is 20.0 Å². The Kier molecular flexibility index (Phi) is 3.72. The van der Waals surface area contributed by atoms with Gasteiger partial charge in [0.25, 0.3) is 5.56 Å². The number of thioether (sulfide) groups is 1. The van der Waals surface area contributed by atoms with Gasteiger partial charge in [0.05, 0.1) is 12.6 Å². The zero-order valence-corrected chi connectivity index (χ0v) is 11.8. The van der Waals surface area contributed by atoms with Crippen molar-refractivity contribution in [2.75, 3.05) is 7.11 Å². The molecule has 2 aromatic rings. The van der Waals surface area contributed by atoms with Crippen molar-refractivity contribution in [3.05, 3.63) is 21.8 Å². The van der Waals surface area contributed by atoms with Gasteiger partial charge in [-0.05, 0) is 18.4 Å². The van der Waals surface area contributed by atoms with Gasteiger partial charge in [-0.1, -0.05) is 11.8 Å². The standard InChI is InChI=1S/C11H12N2O3S2/c1-6(10(15)16-3)18-11-12-7-4-5-17-8(7)9(14)13(11)2/h4-6H,1-3H3. The van der Waals surface area contributed by atoms with E-state index in [0.29, 0.717) is 15.4 Å². The summed E-state index contributed by atoms with van der Waals surface area (Å²) in [6, 6.07) is 1.80. The van der Waals surface area contributed by atoms with Crippen molar-refractivity contribution in [2.45, 2.75) is 17.3 Å². The van der Waals surface area contributed by atoms with E-state index in [-0.39, 0.29) is 11.5 Å². The van der Waals surface area contributed by atoms with Gasteiger partial charge in [0.2, 0.25) is 0 Å². The van der Waals surface area contributed by atoms with Crippen LogP contribution in [0.25, 0.3) is 10.2 Å². The third-order valence-electron chi connectivity index (χ3n) is 2.46. The lowest BCUT2D eigenvalue weighted by atomic mass is 10.5. The first kappa shape index (κ1) is 13.1. The number of carbonyl (C=O) groups is 1. The maximum absolute atomic E-state index is 12.0. The van der Waals surface area contributed by atoms with Crippen LogP contribution in [-0.4, -0.2) is 27.9 Å². The molecule has 0 saturated carbocycles. The van der Waals surface area contributed by atoms with Crippen molar-refractivity contribution < 1.29 is 9.53 Å². The van der Waals surface area contributed by atoms with E-state index in [1.807, 2.05) is 5.38 Å². The number of ether oxygens (including phenoxy) is 1. The monoisotopic (exact) mass is 284 g/mol. The van der Waals surface area contributed by atoms with Crippen molar-refractivity contribution >= 4 is 39.3 Å². The summed E-state index contributed by atoms with van der Waals surface area (Å²) in [5.41, 5.74) is 0.581. The van der Waals surface area contributed by atoms with Crippen LogP contribution in [-0.2, 0) is 16.6 Å². The van der Waals surface area contributed by atoms with Crippen LogP contribution < -0.4 is 5.56 Å². The third kappa shape index (κ3) is 2.28. The molecule has 0 aliphatic heterocycles. The molecule has 1 atom stereocenters. The van der Waals surface area contributed by atoms with Gasteiger partial charge in [-0.2, -0.15) is 0 Å². The molecular weight excluding hydrogens is 272 g/mol. The molecule has 18 heavy (non-hydrogen) atoms. The third-order valence-corrected chi connectivity index (χ3v) is 4.48. The SMILES string of the molecule is COC(=O)C(C)Sc1nc2ccsc2c(=O)n1C. The second kappa shape index (κ2) is 5.11. The molecule has 0 saturated heterocycles. The summed E-state index contributed by atoms with van der Waals surface area (Å²) in [5, 5.41) is 1.95. The Hall–Kier alpha value is -1.34. The minimum absolute atomic E-state index is 0.0884. The Labute approximate surface area is 112 Å². The Bertz CT molecular complexity index is 647. The van der Waals surface area contributed by atoms with E-state index in [1.165, 1.54) is 34.8 Å². The van der Waals surface area contributed by atoms with Crippen LogP contribution in [0, 0.1) is 0 Å². The average molecular weight is 284 g/mol. The molecule has 96 valence electrons. The predicted molar refractivity (Wildman–Crippen MR) is 72.2 cm³/mol. The van der Waals surface area contributed by atoms with Crippen LogP contribution in [0.3, 0.4) is 0 Å².